The van der Waals surface area contributed by atoms with E-state index in [-0.39, 0.29) is 18.3 Å². The summed E-state index contributed by atoms with van der Waals surface area (Å²) < 4.78 is 15.0. The van der Waals surface area contributed by atoms with Gasteiger partial charge in [0.05, 0.1) is 0 Å². The van der Waals surface area contributed by atoms with Crippen LogP contribution in [-0.2, 0) is 17.9 Å². The molecule has 8 heteroatoms. The number of hydrogen-bond donors (Lipinski definition) is 1. The Hall–Kier alpha value is -2.51. The van der Waals surface area contributed by atoms with Crippen LogP contribution in [0.1, 0.15) is 5.56 Å². The lowest BCUT2D eigenvalue weighted by Gasteiger charge is -2.18. The molecule has 1 N–H and O–H groups in total. The molecule has 1 amide bonds. The fourth-order valence-electron chi connectivity index (χ4n) is 2.49. The molecule has 0 atom stereocenters. The van der Waals surface area contributed by atoms with Crippen molar-refractivity contribution >= 4 is 29.7 Å². The summed E-state index contributed by atoms with van der Waals surface area (Å²) in [6.07, 6.45) is 0. The van der Waals surface area contributed by atoms with Gasteiger partial charge in [0.25, 0.3) is 0 Å². The van der Waals surface area contributed by atoms with E-state index < -0.39 is 0 Å². The lowest BCUT2D eigenvalue weighted by Crippen LogP contribution is -2.30. The first kappa shape index (κ1) is 18.3. The van der Waals surface area contributed by atoms with Crippen LogP contribution in [0, 0.1) is 10.6 Å². The summed E-state index contributed by atoms with van der Waals surface area (Å²) in [6.45, 7) is 0.422. The van der Waals surface area contributed by atoms with Crippen LogP contribution < -0.4 is 0 Å². The summed E-state index contributed by atoms with van der Waals surface area (Å²) in [6, 6.07) is 13.2. The van der Waals surface area contributed by atoms with Gasteiger partial charge in [-0.1, -0.05) is 23.7 Å². The zero-order chi connectivity index (χ0) is 18.7. The maximum absolute atomic E-state index is 13.0. The highest BCUT2D eigenvalue weighted by molar-refractivity contribution is 7.71. The van der Waals surface area contributed by atoms with E-state index in [9.17, 15) is 9.18 Å². The van der Waals surface area contributed by atoms with E-state index in [1.807, 2.05) is 12.1 Å². The number of hydrogen-bond acceptors (Lipinski definition) is 3. The van der Waals surface area contributed by atoms with E-state index in [1.54, 1.807) is 40.8 Å². The number of nitrogens with one attached hydrogen (secondary N) is 1. The second-order valence-corrected chi connectivity index (χ2v) is 6.64. The molecule has 5 nitrogen and oxygen atoms in total. The Morgan fingerprint density at radius 3 is 2.54 bits per heavy atom. The molecule has 0 radical (unpaired) electrons. The molecule has 2 aromatic carbocycles. The Morgan fingerprint density at radius 2 is 1.88 bits per heavy atom. The number of aromatic amines is 1. The second-order valence-electron chi connectivity index (χ2n) is 5.82. The van der Waals surface area contributed by atoms with Crippen molar-refractivity contribution in [1.82, 2.24) is 19.7 Å². The summed E-state index contributed by atoms with van der Waals surface area (Å²) in [7, 11) is 1.69. The number of benzene rings is 2. The summed E-state index contributed by atoms with van der Waals surface area (Å²) in [5.74, 6) is 0.122. The molecule has 0 fully saturated rings. The number of carbonyl (C=O) groups is 1. The molecule has 1 heterocycles. The third kappa shape index (κ3) is 4.17. The smallest absolute Gasteiger partial charge is 0.242 e. The standard InChI is InChI=1S/C18H16ClFN4OS/c1-23(10-12-2-8-15(20)9-3-12)16(25)11-24-17(21-22-18(24)26)13-4-6-14(19)7-5-13/h2-9H,10-11H2,1H3,(H,22,26). The Kier molecular flexibility index (Phi) is 5.49. The highest BCUT2D eigenvalue weighted by Crippen LogP contribution is 2.20. The minimum absolute atomic E-state index is 0.0466. The fraction of sp³-hybridized carbons (Fsp3) is 0.167. The van der Waals surface area contributed by atoms with Gasteiger partial charge >= 0.3 is 0 Å². The second kappa shape index (κ2) is 7.80. The van der Waals surface area contributed by atoms with Gasteiger partial charge in [-0.15, -0.1) is 0 Å². The number of carbonyl (C=O) groups excluding carboxylic acids is 1. The zero-order valence-electron chi connectivity index (χ0n) is 13.9. The van der Waals surface area contributed by atoms with E-state index in [0.717, 1.165) is 11.1 Å². The molecule has 0 aliphatic heterocycles. The number of H-pyrrole nitrogens is 1. The van der Waals surface area contributed by atoms with Crippen molar-refractivity contribution in [3.63, 3.8) is 0 Å². The Labute approximate surface area is 160 Å². The van der Waals surface area contributed by atoms with E-state index in [2.05, 4.69) is 10.2 Å². The van der Waals surface area contributed by atoms with Crippen molar-refractivity contribution in [3.8, 4) is 11.4 Å². The Morgan fingerprint density at radius 1 is 1.23 bits per heavy atom. The van der Waals surface area contributed by atoms with Gasteiger partial charge in [0.1, 0.15) is 12.4 Å². The monoisotopic (exact) mass is 390 g/mol. The quantitative estimate of drug-likeness (QED) is 0.668. The van der Waals surface area contributed by atoms with Crippen LogP contribution in [0.25, 0.3) is 11.4 Å². The topological polar surface area (TPSA) is 53.9 Å². The molecule has 1 aromatic heterocycles. The maximum Gasteiger partial charge on any atom is 0.242 e. The van der Waals surface area contributed by atoms with Crippen LogP contribution in [0.5, 0.6) is 0 Å². The van der Waals surface area contributed by atoms with Crippen LogP contribution in [0.3, 0.4) is 0 Å². The Bertz CT molecular complexity index is 966. The predicted octanol–water partition coefficient (Wildman–Crippen LogP) is 4.06. The first-order valence-corrected chi connectivity index (χ1v) is 8.62. The number of likely N-dealkylation sites (N-methyl/N-ethyl adjacent to an activating group) is 1. The molecular weight excluding hydrogens is 375 g/mol. The van der Waals surface area contributed by atoms with Crippen LogP contribution in [0.15, 0.2) is 48.5 Å². The molecule has 0 aliphatic carbocycles. The van der Waals surface area contributed by atoms with Gasteiger partial charge < -0.3 is 4.90 Å². The lowest BCUT2D eigenvalue weighted by molar-refractivity contribution is -0.131. The summed E-state index contributed by atoms with van der Waals surface area (Å²) in [4.78, 5) is 14.2. The first-order valence-electron chi connectivity index (χ1n) is 7.83. The Balaban J connectivity index is 1.77. The number of amides is 1. The highest BCUT2D eigenvalue weighted by atomic mass is 35.5. The number of aromatic nitrogens is 3. The average molecular weight is 391 g/mol. The minimum Gasteiger partial charge on any atom is -0.340 e. The molecule has 0 spiro atoms. The van der Waals surface area contributed by atoms with Crippen molar-refractivity contribution < 1.29 is 9.18 Å². The zero-order valence-corrected chi connectivity index (χ0v) is 15.5. The fourth-order valence-corrected chi connectivity index (χ4v) is 2.81. The van der Waals surface area contributed by atoms with E-state index in [1.165, 1.54) is 12.1 Å². The SMILES string of the molecule is CN(Cc1ccc(F)cc1)C(=O)Cn1c(-c2ccc(Cl)cc2)n[nH]c1=S. The van der Waals surface area contributed by atoms with Crippen LogP contribution in [-0.4, -0.2) is 32.6 Å². The molecule has 0 bridgehead atoms. The highest BCUT2D eigenvalue weighted by Gasteiger charge is 2.15. The van der Waals surface area contributed by atoms with Gasteiger partial charge in [-0.2, -0.15) is 5.10 Å². The molecular formula is C18H16ClFN4OS. The van der Waals surface area contributed by atoms with E-state index in [4.69, 9.17) is 23.8 Å². The van der Waals surface area contributed by atoms with Gasteiger partial charge in [-0.25, -0.2) is 4.39 Å². The number of rotatable bonds is 5. The van der Waals surface area contributed by atoms with Gasteiger partial charge in [0, 0.05) is 24.2 Å². The van der Waals surface area contributed by atoms with Crippen molar-refractivity contribution in [2.45, 2.75) is 13.1 Å². The lowest BCUT2D eigenvalue weighted by atomic mass is 10.2. The normalized spacial score (nSPS) is 10.7. The summed E-state index contributed by atoms with van der Waals surface area (Å²) in [5.41, 5.74) is 1.65. The molecule has 26 heavy (non-hydrogen) atoms. The van der Waals surface area contributed by atoms with Gasteiger partial charge in [-0.3, -0.25) is 14.5 Å². The number of nitrogens with zero attached hydrogens (tertiary/aromatic N) is 3. The van der Waals surface area contributed by atoms with E-state index in [0.29, 0.717) is 22.2 Å². The van der Waals surface area contributed by atoms with Crippen LogP contribution in [0.2, 0.25) is 5.02 Å². The van der Waals surface area contributed by atoms with Gasteiger partial charge in [0.2, 0.25) is 5.91 Å². The van der Waals surface area contributed by atoms with Crippen LogP contribution in [0.4, 0.5) is 4.39 Å². The van der Waals surface area contributed by atoms with Crippen molar-refractivity contribution in [2.75, 3.05) is 7.05 Å². The summed E-state index contributed by atoms with van der Waals surface area (Å²) in [5, 5.41) is 7.55. The van der Waals surface area contributed by atoms with Crippen LogP contribution >= 0.6 is 23.8 Å². The van der Waals surface area contributed by atoms with Crippen molar-refractivity contribution in [3.05, 3.63) is 69.7 Å². The third-order valence-electron chi connectivity index (χ3n) is 3.91. The van der Waals surface area contributed by atoms with E-state index >= 15 is 0 Å². The van der Waals surface area contributed by atoms with Crippen molar-refractivity contribution in [2.24, 2.45) is 0 Å². The van der Waals surface area contributed by atoms with Gasteiger partial charge in [0.15, 0.2) is 10.6 Å². The molecule has 0 saturated carbocycles. The minimum atomic E-state index is -0.306. The molecule has 3 aromatic rings. The average Bonchev–Trinajstić information content (AvgIpc) is 2.98. The van der Waals surface area contributed by atoms with Gasteiger partial charge in [-0.05, 0) is 54.2 Å². The molecule has 0 aliphatic rings. The predicted molar refractivity (Wildman–Crippen MR) is 101 cm³/mol. The largest absolute Gasteiger partial charge is 0.340 e. The molecule has 0 saturated heterocycles. The third-order valence-corrected chi connectivity index (χ3v) is 4.48. The van der Waals surface area contributed by atoms with Crippen molar-refractivity contribution in [1.29, 1.82) is 0 Å². The molecule has 3 rings (SSSR count). The maximum atomic E-state index is 13.0. The number of halogens is 2. The summed E-state index contributed by atoms with van der Waals surface area (Å²) >= 11 is 11.2. The first-order chi connectivity index (χ1) is 12.4. The molecule has 134 valence electrons. The molecule has 0 unspecified atom stereocenters.